The predicted octanol–water partition coefficient (Wildman–Crippen LogP) is 1.46. The molecule has 1 aliphatic heterocycles. The molecule has 2 rings (SSSR count). The Labute approximate surface area is 112 Å². The fourth-order valence-electron chi connectivity index (χ4n) is 2.35. The molecule has 0 spiro atoms. The Balaban J connectivity index is 1.83. The van der Waals surface area contributed by atoms with E-state index in [4.69, 9.17) is 5.11 Å². The summed E-state index contributed by atoms with van der Waals surface area (Å²) in [5.74, 6) is -0.435. The van der Waals surface area contributed by atoms with Crippen molar-refractivity contribution in [1.82, 2.24) is 15.1 Å². The molecule has 1 aromatic rings. The number of carboxylic acid groups (broad SMARTS) is 1. The molecule has 1 fully saturated rings. The maximum Gasteiger partial charge on any atom is 0.356 e. The molecule has 1 saturated heterocycles. The number of nitrogens with zero attached hydrogens (tertiary/aromatic N) is 3. The van der Waals surface area contributed by atoms with Crippen LogP contribution in [0.2, 0.25) is 0 Å². The van der Waals surface area contributed by atoms with E-state index in [0.29, 0.717) is 5.82 Å². The van der Waals surface area contributed by atoms with E-state index in [1.54, 1.807) is 6.07 Å². The van der Waals surface area contributed by atoms with Gasteiger partial charge in [-0.1, -0.05) is 6.42 Å². The number of likely N-dealkylation sites (tertiary alicyclic amines) is 1. The Morgan fingerprint density at radius 2 is 2.11 bits per heavy atom. The summed E-state index contributed by atoms with van der Waals surface area (Å²) in [5, 5.41) is 19.5. The van der Waals surface area contributed by atoms with Gasteiger partial charge in [-0.2, -0.15) is 0 Å². The van der Waals surface area contributed by atoms with Gasteiger partial charge in [0.1, 0.15) is 5.82 Å². The third-order valence-corrected chi connectivity index (χ3v) is 3.26. The van der Waals surface area contributed by atoms with Gasteiger partial charge in [-0.15, -0.1) is 10.2 Å². The molecule has 6 nitrogen and oxygen atoms in total. The molecule has 104 valence electrons. The highest BCUT2D eigenvalue weighted by Gasteiger charge is 2.14. The SMILES string of the molecule is CC(CN1CCCCC1)Nc1ccc(C(=O)O)nn1. The Hall–Kier alpha value is -1.69. The van der Waals surface area contributed by atoms with Crippen LogP contribution in [0.3, 0.4) is 0 Å². The molecule has 1 aromatic heterocycles. The van der Waals surface area contributed by atoms with Gasteiger partial charge in [-0.25, -0.2) is 4.79 Å². The molecule has 0 aromatic carbocycles. The van der Waals surface area contributed by atoms with Crippen LogP contribution >= 0.6 is 0 Å². The van der Waals surface area contributed by atoms with E-state index in [0.717, 1.165) is 19.6 Å². The number of nitrogens with one attached hydrogen (secondary N) is 1. The molecule has 0 bridgehead atoms. The molecule has 0 saturated carbocycles. The van der Waals surface area contributed by atoms with E-state index >= 15 is 0 Å². The number of hydrogen-bond acceptors (Lipinski definition) is 5. The first-order chi connectivity index (χ1) is 9.15. The van der Waals surface area contributed by atoms with Crippen molar-refractivity contribution in [3.63, 3.8) is 0 Å². The van der Waals surface area contributed by atoms with Crippen LogP contribution in [0.25, 0.3) is 0 Å². The molecule has 0 aliphatic carbocycles. The van der Waals surface area contributed by atoms with Crippen LogP contribution in [0.15, 0.2) is 12.1 Å². The largest absolute Gasteiger partial charge is 0.476 e. The summed E-state index contributed by atoms with van der Waals surface area (Å²) < 4.78 is 0. The number of carbonyl (C=O) groups is 1. The fourth-order valence-corrected chi connectivity index (χ4v) is 2.35. The maximum absolute atomic E-state index is 10.7. The molecule has 0 amide bonds. The standard InChI is InChI=1S/C13H20N4O2/c1-10(9-17-7-3-2-4-8-17)14-12-6-5-11(13(18)19)15-16-12/h5-6,10H,2-4,7-9H2,1H3,(H,14,16)(H,18,19). The Bertz CT molecular complexity index is 415. The second-order valence-electron chi connectivity index (χ2n) is 5.02. The second kappa shape index (κ2) is 6.47. The van der Waals surface area contributed by atoms with Crippen LogP contribution in [-0.2, 0) is 0 Å². The highest BCUT2D eigenvalue weighted by Crippen LogP contribution is 2.10. The number of aromatic nitrogens is 2. The molecule has 1 aliphatic rings. The summed E-state index contributed by atoms with van der Waals surface area (Å²) in [5.41, 5.74) is -0.0331. The first-order valence-corrected chi connectivity index (χ1v) is 6.71. The first kappa shape index (κ1) is 13.7. The summed E-state index contributed by atoms with van der Waals surface area (Å²) in [6.07, 6.45) is 3.89. The Morgan fingerprint density at radius 1 is 1.37 bits per heavy atom. The minimum Gasteiger partial charge on any atom is -0.476 e. The topological polar surface area (TPSA) is 78.4 Å². The number of anilines is 1. The van der Waals surface area contributed by atoms with E-state index in [1.165, 1.54) is 25.3 Å². The minimum absolute atomic E-state index is 0.0331. The molecule has 2 heterocycles. The third kappa shape index (κ3) is 4.17. The van der Waals surface area contributed by atoms with Crippen LogP contribution in [0.1, 0.15) is 36.7 Å². The number of carboxylic acids is 1. The molecule has 19 heavy (non-hydrogen) atoms. The van der Waals surface area contributed by atoms with Crippen LogP contribution in [0.5, 0.6) is 0 Å². The van der Waals surface area contributed by atoms with Crippen LogP contribution in [0, 0.1) is 0 Å². The number of aromatic carboxylic acids is 1. The van der Waals surface area contributed by atoms with Gasteiger partial charge in [-0.3, -0.25) is 0 Å². The van der Waals surface area contributed by atoms with Crippen LogP contribution in [0.4, 0.5) is 5.82 Å². The molecule has 1 unspecified atom stereocenters. The molecular formula is C13H20N4O2. The summed E-state index contributed by atoms with van der Waals surface area (Å²) in [6.45, 7) is 5.40. The lowest BCUT2D eigenvalue weighted by atomic mass is 10.1. The molecule has 2 N–H and O–H groups in total. The minimum atomic E-state index is -1.06. The van der Waals surface area contributed by atoms with Crippen molar-refractivity contribution in [2.24, 2.45) is 0 Å². The molecule has 1 atom stereocenters. The van der Waals surface area contributed by atoms with Crippen molar-refractivity contribution in [2.75, 3.05) is 25.0 Å². The Morgan fingerprint density at radius 3 is 2.68 bits per heavy atom. The van der Waals surface area contributed by atoms with E-state index < -0.39 is 5.97 Å². The zero-order chi connectivity index (χ0) is 13.7. The van der Waals surface area contributed by atoms with Gasteiger partial charge in [0, 0.05) is 12.6 Å². The lowest BCUT2D eigenvalue weighted by Gasteiger charge is -2.29. The van der Waals surface area contributed by atoms with Crippen molar-refractivity contribution in [3.05, 3.63) is 17.8 Å². The monoisotopic (exact) mass is 264 g/mol. The summed E-state index contributed by atoms with van der Waals surface area (Å²) in [7, 11) is 0. The average Bonchev–Trinajstić information content (AvgIpc) is 2.40. The molecule has 6 heteroatoms. The highest BCUT2D eigenvalue weighted by atomic mass is 16.4. The first-order valence-electron chi connectivity index (χ1n) is 6.71. The van der Waals surface area contributed by atoms with Gasteiger partial charge in [0.25, 0.3) is 0 Å². The average molecular weight is 264 g/mol. The van der Waals surface area contributed by atoms with Crippen molar-refractivity contribution >= 4 is 11.8 Å². The van der Waals surface area contributed by atoms with Gasteiger partial charge < -0.3 is 15.3 Å². The normalized spacial score (nSPS) is 17.9. The lowest BCUT2D eigenvalue weighted by Crippen LogP contribution is -2.38. The van der Waals surface area contributed by atoms with Crippen LogP contribution < -0.4 is 5.32 Å². The number of hydrogen-bond donors (Lipinski definition) is 2. The second-order valence-corrected chi connectivity index (χ2v) is 5.02. The van der Waals surface area contributed by atoms with E-state index in [-0.39, 0.29) is 11.7 Å². The van der Waals surface area contributed by atoms with Crippen molar-refractivity contribution in [1.29, 1.82) is 0 Å². The summed E-state index contributed by atoms with van der Waals surface area (Å²) >= 11 is 0. The van der Waals surface area contributed by atoms with Gasteiger partial charge in [0.15, 0.2) is 5.69 Å². The quantitative estimate of drug-likeness (QED) is 0.838. The van der Waals surface area contributed by atoms with Crippen molar-refractivity contribution < 1.29 is 9.90 Å². The van der Waals surface area contributed by atoms with E-state index in [2.05, 4.69) is 27.3 Å². The number of piperidine rings is 1. The van der Waals surface area contributed by atoms with E-state index in [1.807, 2.05) is 0 Å². The fraction of sp³-hybridized carbons (Fsp3) is 0.615. The zero-order valence-electron chi connectivity index (χ0n) is 11.2. The third-order valence-electron chi connectivity index (χ3n) is 3.26. The maximum atomic E-state index is 10.7. The van der Waals surface area contributed by atoms with Crippen molar-refractivity contribution in [2.45, 2.75) is 32.2 Å². The van der Waals surface area contributed by atoms with Gasteiger partial charge in [0.2, 0.25) is 0 Å². The summed E-state index contributed by atoms with van der Waals surface area (Å²) in [4.78, 5) is 13.1. The van der Waals surface area contributed by atoms with E-state index in [9.17, 15) is 4.79 Å². The van der Waals surface area contributed by atoms with Crippen molar-refractivity contribution in [3.8, 4) is 0 Å². The molecule has 0 radical (unpaired) electrons. The van der Waals surface area contributed by atoms with Gasteiger partial charge in [0.05, 0.1) is 0 Å². The lowest BCUT2D eigenvalue weighted by molar-refractivity contribution is 0.0689. The number of rotatable bonds is 5. The predicted molar refractivity (Wildman–Crippen MR) is 72.4 cm³/mol. The zero-order valence-corrected chi connectivity index (χ0v) is 11.2. The van der Waals surface area contributed by atoms with Crippen LogP contribution in [-0.4, -0.2) is 51.8 Å². The van der Waals surface area contributed by atoms with Gasteiger partial charge >= 0.3 is 5.97 Å². The Kier molecular flexibility index (Phi) is 4.68. The smallest absolute Gasteiger partial charge is 0.356 e. The van der Waals surface area contributed by atoms with Gasteiger partial charge in [-0.05, 0) is 45.0 Å². The summed E-state index contributed by atoms with van der Waals surface area (Å²) in [6, 6.07) is 3.39. The highest BCUT2D eigenvalue weighted by molar-refractivity contribution is 5.85. The molecular weight excluding hydrogens is 244 g/mol.